The van der Waals surface area contributed by atoms with Gasteiger partial charge in [-0.3, -0.25) is 0 Å². The van der Waals surface area contributed by atoms with Gasteiger partial charge in [0.15, 0.2) is 0 Å². The maximum atomic E-state index is 14.9. The first-order valence-electron chi connectivity index (χ1n) is 8.38. The lowest BCUT2D eigenvalue weighted by molar-refractivity contribution is -0.139. The fourth-order valence-corrected chi connectivity index (χ4v) is 3.31. The average molecular weight is 369 g/mol. The molecule has 0 amide bonds. The normalized spacial score (nSPS) is 17.0. The quantitative estimate of drug-likeness (QED) is 0.762. The summed E-state index contributed by atoms with van der Waals surface area (Å²) in [4.78, 5) is 26.1. The lowest BCUT2D eigenvalue weighted by Gasteiger charge is -2.25. The molecule has 0 fully saturated rings. The fraction of sp³-hybridized carbons (Fsp3) is 0.238. The number of esters is 2. The number of fused-ring (bicyclic) bond motifs is 1. The zero-order chi connectivity index (χ0) is 19.8. The van der Waals surface area contributed by atoms with Crippen LogP contribution in [0.15, 0.2) is 53.9 Å². The highest BCUT2D eigenvalue weighted by atomic mass is 19.1. The van der Waals surface area contributed by atoms with Gasteiger partial charge < -0.3 is 14.4 Å². The number of ether oxygens (including phenoxy) is 2. The van der Waals surface area contributed by atoms with Crippen LogP contribution in [0.25, 0.3) is 6.08 Å². The monoisotopic (exact) mass is 369 g/mol. The van der Waals surface area contributed by atoms with E-state index in [0.717, 1.165) is 5.56 Å². The van der Waals surface area contributed by atoms with Gasteiger partial charge in [0.05, 0.1) is 19.8 Å². The van der Waals surface area contributed by atoms with E-state index >= 15 is 0 Å². The molecule has 6 heteroatoms. The smallest absolute Gasteiger partial charge is 0.355 e. The van der Waals surface area contributed by atoms with E-state index < -0.39 is 17.4 Å². The highest BCUT2D eigenvalue weighted by Gasteiger charge is 2.32. The summed E-state index contributed by atoms with van der Waals surface area (Å²) >= 11 is 0. The van der Waals surface area contributed by atoms with Crippen molar-refractivity contribution >= 4 is 23.7 Å². The number of anilines is 1. The number of rotatable bonds is 3. The third-order valence-corrected chi connectivity index (χ3v) is 4.60. The molecule has 0 aromatic heterocycles. The second-order valence-electron chi connectivity index (χ2n) is 6.76. The van der Waals surface area contributed by atoms with E-state index in [-0.39, 0.29) is 17.1 Å². The van der Waals surface area contributed by atoms with Crippen LogP contribution in [-0.2, 0) is 24.5 Å². The Labute approximate surface area is 157 Å². The molecule has 5 nitrogen and oxygen atoms in total. The van der Waals surface area contributed by atoms with E-state index in [9.17, 15) is 14.0 Å². The molecule has 0 saturated carbocycles. The Morgan fingerprint density at radius 1 is 1.04 bits per heavy atom. The molecule has 0 unspecified atom stereocenters. The van der Waals surface area contributed by atoms with Gasteiger partial charge in [-0.2, -0.15) is 0 Å². The summed E-state index contributed by atoms with van der Waals surface area (Å²) in [6, 6.07) is 3.12. The van der Waals surface area contributed by atoms with Gasteiger partial charge in [0.2, 0.25) is 0 Å². The summed E-state index contributed by atoms with van der Waals surface area (Å²) in [5.74, 6) is -1.81. The maximum Gasteiger partial charge on any atom is 0.355 e. The van der Waals surface area contributed by atoms with Crippen molar-refractivity contribution in [3.63, 3.8) is 0 Å². The summed E-state index contributed by atoms with van der Waals surface area (Å²) in [6.45, 7) is 3.87. The van der Waals surface area contributed by atoms with E-state index in [0.29, 0.717) is 11.3 Å². The fourth-order valence-electron chi connectivity index (χ4n) is 3.31. The molecule has 1 aliphatic carbocycles. The third kappa shape index (κ3) is 3.18. The van der Waals surface area contributed by atoms with E-state index in [1.165, 1.54) is 31.3 Å². The molecule has 0 N–H and O–H groups in total. The van der Waals surface area contributed by atoms with Crippen molar-refractivity contribution in [3.8, 4) is 0 Å². The molecule has 27 heavy (non-hydrogen) atoms. The van der Waals surface area contributed by atoms with Gasteiger partial charge in [0.1, 0.15) is 11.5 Å². The van der Waals surface area contributed by atoms with Crippen LogP contribution in [-0.4, -0.2) is 26.2 Å². The summed E-state index contributed by atoms with van der Waals surface area (Å²) < 4.78 is 24.5. The third-order valence-electron chi connectivity index (χ3n) is 4.60. The summed E-state index contributed by atoms with van der Waals surface area (Å²) in [5.41, 5.74) is 1.28. The lowest BCUT2D eigenvalue weighted by Crippen LogP contribution is -2.27. The molecule has 1 aromatic carbocycles. The van der Waals surface area contributed by atoms with E-state index in [4.69, 9.17) is 9.47 Å². The van der Waals surface area contributed by atoms with Gasteiger partial charge in [-0.25, -0.2) is 14.0 Å². The first-order chi connectivity index (χ1) is 12.8. The number of nitrogens with zero attached hydrogens (tertiary/aromatic N) is 1. The van der Waals surface area contributed by atoms with Gasteiger partial charge in [0.25, 0.3) is 0 Å². The van der Waals surface area contributed by atoms with Gasteiger partial charge in [-0.15, -0.1) is 0 Å². The van der Waals surface area contributed by atoms with E-state index in [2.05, 4.69) is 0 Å². The molecule has 2 aliphatic rings. The Hall–Kier alpha value is -3.15. The zero-order valence-corrected chi connectivity index (χ0v) is 15.6. The van der Waals surface area contributed by atoms with Crippen LogP contribution in [0.5, 0.6) is 0 Å². The van der Waals surface area contributed by atoms with Crippen molar-refractivity contribution < 1.29 is 23.5 Å². The lowest BCUT2D eigenvalue weighted by atomic mass is 9.86. The molecule has 3 rings (SSSR count). The van der Waals surface area contributed by atoms with Gasteiger partial charge >= 0.3 is 11.9 Å². The molecule has 0 spiro atoms. The number of methoxy groups -OCH3 is 2. The van der Waals surface area contributed by atoms with Crippen LogP contribution in [0.2, 0.25) is 0 Å². The average Bonchev–Trinajstić information content (AvgIpc) is 2.83. The Kier molecular flexibility index (Phi) is 4.74. The number of hydrogen-bond donors (Lipinski definition) is 0. The van der Waals surface area contributed by atoms with Gasteiger partial charge in [-0.1, -0.05) is 32.1 Å². The molecule has 0 bridgehead atoms. The number of halogens is 1. The molecule has 1 aromatic rings. The van der Waals surface area contributed by atoms with Crippen molar-refractivity contribution in [2.45, 2.75) is 19.3 Å². The first-order valence-corrected chi connectivity index (χ1v) is 8.38. The van der Waals surface area contributed by atoms with Crippen LogP contribution >= 0.6 is 0 Å². The van der Waals surface area contributed by atoms with Crippen LogP contribution in [0, 0.1) is 5.82 Å². The van der Waals surface area contributed by atoms with Gasteiger partial charge in [0, 0.05) is 22.9 Å². The van der Waals surface area contributed by atoms with Crippen LogP contribution in [0.4, 0.5) is 10.1 Å². The largest absolute Gasteiger partial charge is 0.465 e. The summed E-state index contributed by atoms with van der Waals surface area (Å²) in [5, 5.41) is 0. The standard InChI is InChI=1S/C21H20FNO4/c1-21(2)9-8-13-11-14(12-16(22)17(13)21)23-10-6-5-7-15(19(24)26-3)18(23)20(25)27-4/h5-12H,1-4H3. The van der Waals surface area contributed by atoms with Crippen molar-refractivity contribution in [2.75, 3.05) is 19.1 Å². The first kappa shape index (κ1) is 18.6. The second kappa shape index (κ2) is 6.87. The molecule has 0 atom stereocenters. The van der Waals surface area contributed by atoms with E-state index in [1.54, 1.807) is 24.4 Å². The van der Waals surface area contributed by atoms with Crippen LogP contribution in [0.1, 0.15) is 25.0 Å². The topological polar surface area (TPSA) is 55.8 Å². The number of benzene rings is 1. The van der Waals surface area contributed by atoms with E-state index in [1.807, 2.05) is 26.0 Å². The van der Waals surface area contributed by atoms with Crippen molar-refractivity contribution in [1.29, 1.82) is 0 Å². The number of allylic oxidation sites excluding steroid dienone is 3. The molecular formula is C21H20FNO4. The molecule has 0 radical (unpaired) electrons. The summed E-state index contributed by atoms with van der Waals surface area (Å²) in [7, 11) is 2.44. The molecule has 1 aliphatic heterocycles. The molecule has 1 heterocycles. The minimum absolute atomic E-state index is 0.0196. The van der Waals surface area contributed by atoms with Crippen molar-refractivity contribution in [1.82, 2.24) is 0 Å². The number of carbonyl (C=O) groups excluding carboxylic acids is 2. The van der Waals surface area contributed by atoms with Crippen molar-refractivity contribution in [2.24, 2.45) is 0 Å². The highest BCUT2D eigenvalue weighted by Crippen LogP contribution is 2.40. The van der Waals surface area contributed by atoms with Crippen LogP contribution < -0.4 is 4.90 Å². The Balaban J connectivity index is 2.20. The molecular weight excluding hydrogens is 349 g/mol. The summed E-state index contributed by atoms with van der Waals surface area (Å²) in [6.07, 6.45) is 10.1. The van der Waals surface area contributed by atoms with Gasteiger partial charge in [-0.05, 0) is 29.8 Å². The zero-order valence-electron chi connectivity index (χ0n) is 15.6. The highest BCUT2D eigenvalue weighted by molar-refractivity contribution is 6.05. The maximum absolute atomic E-state index is 14.9. The SMILES string of the molecule is COC(=O)C1=C(C(=O)OC)N(c2cc(F)c3c(c2)C=CC3(C)C)C=CC=C1. The number of carbonyl (C=O) groups is 2. The minimum atomic E-state index is -0.733. The second-order valence-corrected chi connectivity index (χ2v) is 6.76. The number of hydrogen-bond acceptors (Lipinski definition) is 5. The minimum Gasteiger partial charge on any atom is -0.465 e. The predicted octanol–water partition coefficient (Wildman–Crippen LogP) is 3.62. The molecule has 140 valence electrons. The van der Waals surface area contributed by atoms with Crippen LogP contribution in [0.3, 0.4) is 0 Å². The Morgan fingerprint density at radius 2 is 1.74 bits per heavy atom. The predicted molar refractivity (Wildman–Crippen MR) is 100 cm³/mol. The Morgan fingerprint density at radius 3 is 2.41 bits per heavy atom. The Bertz CT molecular complexity index is 938. The van der Waals surface area contributed by atoms with Crippen molar-refractivity contribution in [3.05, 3.63) is 70.9 Å². The molecule has 0 saturated heterocycles.